The van der Waals surface area contributed by atoms with Crippen molar-refractivity contribution >= 4 is 0 Å². The summed E-state index contributed by atoms with van der Waals surface area (Å²) in [6.45, 7) is 8.87. The second-order valence-electron chi connectivity index (χ2n) is 1.13. The number of hydrogen-bond acceptors (Lipinski definition) is 0. The second kappa shape index (κ2) is 2.58. The second-order valence-corrected chi connectivity index (χ2v) is 1.13. The Bertz CT molecular complexity index is 68.1. The molecular formula is C6H8+. The lowest BCUT2D eigenvalue weighted by Gasteiger charge is -1.62. The predicted molar refractivity (Wildman–Crippen MR) is 28.0 cm³/mol. The maximum Gasteiger partial charge on any atom is 0.196 e. The summed E-state index contributed by atoms with van der Waals surface area (Å²) in [6, 6.07) is 0. The standard InChI is InChI=1S/C6H8/c1-4-5-6(2)3/h4H,1-2H2,3H3/q+1. The van der Waals surface area contributed by atoms with E-state index in [0.717, 1.165) is 5.57 Å². The summed E-state index contributed by atoms with van der Waals surface area (Å²) in [5.74, 6) is 0. The van der Waals surface area contributed by atoms with E-state index in [9.17, 15) is 0 Å². The first kappa shape index (κ1) is 5.35. The Morgan fingerprint density at radius 1 is 2.00 bits per heavy atom. The highest BCUT2D eigenvalue weighted by Crippen LogP contribution is 1.83. The van der Waals surface area contributed by atoms with Crippen molar-refractivity contribution < 1.29 is 0 Å². The molecule has 0 rings (SSSR count). The van der Waals surface area contributed by atoms with E-state index >= 15 is 0 Å². The molecule has 0 unspecified atom stereocenters. The van der Waals surface area contributed by atoms with Crippen LogP contribution in [0.25, 0.3) is 0 Å². The van der Waals surface area contributed by atoms with E-state index in [1.807, 2.05) is 6.92 Å². The fourth-order valence-electron chi connectivity index (χ4n) is 0.174. The quantitative estimate of drug-likeness (QED) is 0.332. The summed E-state index contributed by atoms with van der Waals surface area (Å²) < 4.78 is 0. The van der Waals surface area contributed by atoms with Crippen LogP contribution < -0.4 is 0 Å². The lowest BCUT2D eigenvalue weighted by atomic mass is 10.3. The van der Waals surface area contributed by atoms with E-state index in [2.05, 4.69) is 19.6 Å². The van der Waals surface area contributed by atoms with Crippen LogP contribution in [-0.4, -0.2) is 0 Å². The van der Waals surface area contributed by atoms with E-state index in [1.54, 1.807) is 6.08 Å². The van der Waals surface area contributed by atoms with Crippen LogP contribution in [0, 0.1) is 13.0 Å². The average Bonchev–Trinajstić information content (AvgIpc) is 1.35. The van der Waals surface area contributed by atoms with Crippen molar-refractivity contribution in [2.24, 2.45) is 0 Å². The fraction of sp³-hybridized carbons (Fsp3) is 0.167. The van der Waals surface area contributed by atoms with Gasteiger partial charge in [0.15, 0.2) is 6.08 Å². The minimum atomic E-state index is 0.921. The van der Waals surface area contributed by atoms with Crippen molar-refractivity contribution in [1.82, 2.24) is 0 Å². The SMILES string of the molecule is C=C(C)[C]=C[CH2+]. The molecule has 0 spiro atoms. The summed E-state index contributed by atoms with van der Waals surface area (Å²) in [4.78, 5) is 0. The molecule has 0 aromatic carbocycles. The van der Waals surface area contributed by atoms with Gasteiger partial charge in [-0.15, -0.1) is 0 Å². The molecule has 0 heterocycles. The van der Waals surface area contributed by atoms with Gasteiger partial charge in [0.05, 0.1) is 5.57 Å². The number of rotatable bonds is 1. The summed E-state index contributed by atoms with van der Waals surface area (Å²) in [5.41, 5.74) is 0.921. The first-order valence-corrected chi connectivity index (χ1v) is 1.80. The van der Waals surface area contributed by atoms with Gasteiger partial charge in [0.1, 0.15) is 6.08 Å². The maximum absolute atomic E-state index is 3.56. The number of allylic oxidation sites excluding steroid dienone is 3. The monoisotopic (exact) mass is 80.1 g/mol. The normalized spacial score (nSPS) is 9.50. The van der Waals surface area contributed by atoms with Gasteiger partial charge in [0.25, 0.3) is 0 Å². The summed E-state index contributed by atoms with van der Waals surface area (Å²) >= 11 is 0. The van der Waals surface area contributed by atoms with Crippen molar-refractivity contribution in [1.29, 1.82) is 0 Å². The first-order chi connectivity index (χ1) is 2.77. The van der Waals surface area contributed by atoms with Crippen LogP contribution >= 0.6 is 0 Å². The molecule has 0 amide bonds. The third-order valence-electron chi connectivity index (χ3n) is 0.348. The van der Waals surface area contributed by atoms with Gasteiger partial charge in [0, 0.05) is 6.92 Å². The molecule has 0 atom stereocenters. The van der Waals surface area contributed by atoms with Gasteiger partial charge in [-0.25, -0.2) is 0 Å². The van der Waals surface area contributed by atoms with Crippen molar-refractivity contribution in [2.45, 2.75) is 6.92 Å². The maximum atomic E-state index is 3.56. The Hall–Kier alpha value is -0.650. The molecule has 0 heteroatoms. The molecule has 0 aliphatic heterocycles. The summed E-state index contributed by atoms with van der Waals surface area (Å²) in [7, 11) is 0. The minimum Gasteiger partial charge on any atom is -0.0731 e. The zero-order valence-corrected chi connectivity index (χ0v) is 3.99. The molecule has 0 bridgehead atoms. The minimum absolute atomic E-state index is 0.921. The predicted octanol–water partition coefficient (Wildman–Crippen LogP) is 1.76. The Kier molecular flexibility index (Phi) is 2.30. The van der Waals surface area contributed by atoms with Crippen molar-refractivity contribution in [3.63, 3.8) is 0 Å². The van der Waals surface area contributed by atoms with Gasteiger partial charge in [-0.3, -0.25) is 0 Å². The van der Waals surface area contributed by atoms with E-state index in [0.29, 0.717) is 0 Å². The van der Waals surface area contributed by atoms with Crippen molar-refractivity contribution in [3.05, 3.63) is 31.2 Å². The van der Waals surface area contributed by atoms with Gasteiger partial charge >= 0.3 is 0 Å². The molecule has 0 fully saturated rings. The van der Waals surface area contributed by atoms with Gasteiger partial charge in [-0.05, 0) is 6.92 Å². The first-order valence-electron chi connectivity index (χ1n) is 1.80. The summed E-state index contributed by atoms with van der Waals surface area (Å²) in [5, 5.41) is 0. The van der Waals surface area contributed by atoms with Crippen LogP contribution in [-0.2, 0) is 0 Å². The van der Waals surface area contributed by atoms with Gasteiger partial charge in [-0.1, -0.05) is 6.58 Å². The molecule has 0 aromatic rings. The lowest BCUT2D eigenvalue weighted by molar-refractivity contribution is 1.52. The van der Waals surface area contributed by atoms with E-state index in [-0.39, 0.29) is 0 Å². The molecule has 1 radical (unpaired) electrons. The van der Waals surface area contributed by atoms with Crippen LogP contribution in [0.5, 0.6) is 0 Å². The van der Waals surface area contributed by atoms with Crippen LogP contribution in [0.1, 0.15) is 6.92 Å². The van der Waals surface area contributed by atoms with Crippen LogP contribution in [0.2, 0.25) is 0 Å². The Labute approximate surface area is 39.2 Å². The van der Waals surface area contributed by atoms with E-state index in [4.69, 9.17) is 0 Å². The van der Waals surface area contributed by atoms with E-state index in [1.165, 1.54) is 0 Å². The molecule has 0 aliphatic rings. The Morgan fingerprint density at radius 2 is 2.50 bits per heavy atom. The Morgan fingerprint density at radius 3 is 2.50 bits per heavy atom. The van der Waals surface area contributed by atoms with Crippen molar-refractivity contribution in [3.8, 4) is 0 Å². The topological polar surface area (TPSA) is 0 Å². The van der Waals surface area contributed by atoms with Crippen molar-refractivity contribution in [2.75, 3.05) is 0 Å². The van der Waals surface area contributed by atoms with Gasteiger partial charge < -0.3 is 0 Å². The highest BCUT2D eigenvalue weighted by Gasteiger charge is 1.78. The van der Waals surface area contributed by atoms with Gasteiger partial charge in [0.2, 0.25) is 0 Å². The zero-order valence-electron chi connectivity index (χ0n) is 3.99. The average molecular weight is 80.1 g/mol. The highest BCUT2D eigenvalue weighted by atomic mass is 13.7. The van der Waals surface area contributed by atoms with E-state index < -0.39 is 0 Å². The highest BCUT2D eigenvalue weighted by molar-refractivity contribution is 5.03. The molecule has 0 saturated carbocycles. The number of hydrogen-bond donors (Lipinski definition) is 0. The van der Waals surface area contributed by atoms with Crippen LogP contribution in [0.15, 0.2) is 18.2 Å². The van der Waals surface area contributed by atoms with Crippen LogP contribution in [0.4, 0.5) is 0 Å². The fourth-order valence-corrected chi connectivity index (χ4v) is 0.174. The molecule has 0 nitrogen and oxygen atoms in total. The summed E-state index contributed by atoms with van der Waals surface area (Å²) in [6.07, 6.45) is 4.38. The third-order valence-corrected chi connectivity index (χ3v) is 0.348. The van der Waals surface area contributed by atoms with Crippen LogP contribution in [0.3, 0.4) is 0 Å². The smallest absolute Gasteiger partial charge is 0.0731 e. The lowest BCUT2D eigenvalue weighted by Crippen LogP contribution is -1.56. The molecule has 0 aromatic heterocycles. The third kappa shape index (κ3) is 3.35. The Balaban J connectivity index is 3.30. The molecule has 0 aliphatic carbocycles. The van der Waals surface area contributed by atoms with Gasteiger partial charge in [-0.2, -0.15) is 0 Å². The molecule has 0 N–H and O–H groups in total. The molecular weight excluding hydrogens is 72.1 g/mol. The molecule has 6 heavy (non-hydrogen) atoms. The largest absolute Gasteiger partial charge is 0.196 e. The molecule has 31 valence electrons. The zero-order chi connectivity index (χ0) is 4.99. The molecule has 0 saturated heterocycles.